The molecule has 0 aromatic heterocycles. The number of fused-ring (bicyclic) bond motifs is 2. The van der Waals surface area contributed by atoms with Crippen molar-refractivity contribution in [3.05, 3.63) is 34.9 Å². The van der Waals surface area contributed by atoms with Crippen molar-refractivity contribution >= 4 is 11.6 Å². The second kappa shape index (κ2) is 5.67. The van der Waals surface area contributed by atoms with Crippen LogP contribution in [0, 0.1) is 17.8 Å². The Hall–Kier alpha value is -0.570. The lowest BCUT2D eigenvalue weighted by Gasteiger charge is -2.36. The maximum atomic E-state index is 9.94. The molecule has 0 aliphatic heterocycles. The van der Waals surface area contributed by atoms with E-state index in [1.807, 2.05) is 24.3 Å². The van der Waals surface area contributed by atoms with E-state index < -0.39 is 5.41 Å². The fourth-order valence-electron chi connectivity index (χ4n) is 4.41. The molecule has 20 heavy (non-hydrogen) atoms. The standard InChI is InChI=1S/C17H23ClO2/c18-16-5-3-15(4-6-16)17(10-19,11-20)9-14-8-12-1-2-13(14)7-12/h3-6,12-14,19-20H,1-2,7-11H2. The summed E-state index contributed by atoms with van der Waals surface area (Å²) in [7, 11) is 0. The molecule has 2 nitrogen and oxygen atoms in total. The van der Waals surface area contributed by atoms with Gasteiger partial charge in [0.25, 0.3) is 0 Å². The Labute approximate surface area is 125 Å². The first-order chi connectivity index (χ1) is 9.66. The zero-order chi connectivity index (χ0) is 14.2. The summed E-state index contributed by atoms with van der Waals surface area (Å²) in [6.45, 7) is -0.00195. The highest BCUT2D eigenvalue weighted by atomic mass is 35.5. The molecule has 3 rings (SSSR count). The molecule has 0 saturated heterocycles. The van der Waals surface area contributed by atoms with Crippen molar-refractivity contribution in [2.75, 3.05) is 13.2 Å². The van der Waals surface area contributed by atoms with E-state index in [0.29, 0.717) is 10.9 Å². The van der Waals surface area contributed by atoms with E-state index in [-0.39, 0.29) is 13.2 Å². The summed E-state index contributed by atoms with van der Waals surface area (Å²) in [5.41, 5.74) is 0.495. The zero-order valence-electron chi connectivity index (χ0n) is 11.8. The summed E-state index contributed by atoms with van der Waals surface area (Å²) in [6.07, 6.45) is 6.25. The Morgan fingerprint density at radius 1 is 1.05 bits per heavy atom. The van der Waals surface area contributed by atoms with Crippen LogP contribution in [0.1, 0.15) is 37.7 Å². The van der Waals surface area contributed by atoms with Crippen LogP contribution in [0.5, 0.6) is 0 Å². The highest BCUT2D eigenvalue weighted by Gasteiger charge is 2.44. The third kappa shape index (κ3) is 2.49. The number of hydrogen-bond donors (Lipinski definition) is 2. The number of benzene rings is 1. The van der Waals surface area contributed by atoms with E-state index in [1.165, 1.54) is 25.7 Å². The van der Waals surface area contributed by atoms with Gasteiger partial charge in [0.05, 0.1) is 13.2 Å². The molecule has 1 aromatic rings. The quantitative estimate of drug-likeness (QED) is 0.874. The molecule has 2 aliphatic rings. The van der Waals surface area contributed by atoms with E-state index >= 15 is 0 Å². The van der Waals surface area contributed by atoms with Crippen molar-refractivity contribution in [1.82, 2.24) is 0 Å². The molecule has 0 radical (unpaired) electrons. The third-order valence-electron chi connectivity index (χ3n) is 5.60. The summed E-state index contributed by atoms with van der Waals surface area (Å²) in [4.78, 5) is 0. The maximum absolute atomic E-state index is 9.94. The molecule has 3 heteroatoms. The SMILES string of the molecule is OCC(CO)(CC1CC2CCC1C2)c1ccc(Cl)cc1. The Bertz CT molecular complexity index is 453. The van der Waals surface area contributed by atoms with Crippen LogP contribution in [0.15, 0.2) is 24.3 Å². The predicted octanol–water partition coefficient (Wildman–Crippen LogP) is 3.39. The Kier molecular flexibility index (Phi) is 4.07. The number of rotatable bonds is 5. The highest BCUT2D eigenvalue weighted by Crippen LogP contribution is 2.52. The second-order valence-electron chi connectivity index (χ2n) is 6.74. The van der Waals surface area contributed by atoms with Crippen molar-refractivity contribution < 1.29 is 10.2 Å². The molecule has 0 heterocycles. The average Bonchev–Trinajstić information content (AvgIpc) is 3.08. The van der Waals surface area contributed by atoms with Gasteiger partial charge in [-0.05, 0) is 61.1 Å². The number of aliphatic hydroxyl groups excluding tert-OH is 2. The van der Waals surface area contributed by atoms with Crippen LogP contribution < -0.4 is 0 Å². The predicted molar refractivity (Wildman–Crippen MR) is 80.9 cm³/mol. The van der Waals surface area contributed by atoms with Gasteiger partial charge >= 0.3 is 0 Å². The lowest BCUT2D eigenvalue weighted by molar-refractivity contribution is 0.0847. The molecular weight excluding hydrogens is 272 g/mol. The molecule has 2 aliphatic carbocycles. The summed E-state index contributed by atoms with van der Waals surface area (Å²) in [6, 6.07) is 7.58. The van der Waals surface area contributed by atoms with E-state index in [1.54, 1.807) is 0 Å². The van der Waals surface area contributed by atoms with E-state index in [4.69, 9.17) is 11.6 Å². The average molecular weight is 295 g/mol. The second-order valence-corrected chi connectivity index (χ2v) is 7.18. The topological polar surface area (TPSA) is 40.5 Å². The summed E-state index contributed by atoms with van der Waals surface area (Å²) in [5, 5.41) is 20.6. The third-order valence-corrected chi connectivity index (χ3v) is 5.85. The van der Waals surface area contributed by atoms with Gasteiger partial charge in [-0.1, -0.05) is 30.2 Å². The largest absolute Gasteiger partial charge is 0.395 e. The molecule has 2 fully saturated rings. The van der Waals surface area contributed by atoms with Gasteiger partial charge in [0.2, 0.25) is 0 Å². The lowest BCUT2D eigenvalue weighted by atomic mass is 9.71. The molecule has 2 bridgehead atoms. The molecule has 3 unspecified atom stereocenters. The van der Waals surface area contributed by atoms with Crippen molar-refractivity contribution in [1.29, 1.82) is 0 Å². The Balaban J connectivity index is 1.82. The first kappa shape index (κ1) is 14.4. The van der Waals surface area contributed by atoms with Gasteiger partial charge in [-0.3, -0.25) is 0 Å². The molecule has 3 atom stereocenters. The molecule has 2 N–H and O–H groups in total. The van der Waals surface area contributed by atoms with Crippen molar-refractivity contribution in [2.24, 2.45) is 17.8 Å². The molecule has 0 spiro atoms. The van der Waals surface area contributed by atoms with Crippen molar-refractivity contribution in [2.45, 2.75) is 37.5 Å². The first-order valence-electron chi connectivity index (χ1n) is 7.64. The normalized spacial score (nSPS) is 29.1. The van der Waals surface area contributed by atoms with Crippen LogP contribution in [0.25, 0.3) is 0 Å². The van der Waals surface area contributed by atoms with Crippen molar-refractivity contribution in [3.8, 4) is 0 Å². The number of aliphatic hydroxyl groups is 2. The molecular formula is C17H23ClO2. The van der Waals surface area contributed by atoms with E-state index in [0.717, 1.165) is 23.8 Å². The monoisotopic (exact) mass is 294 g/mol. The van der Waals surface area contributed by atoms with Crippen LogP contribution in [-0.2, 0) is 5.41 Å². The van der Waals surface area contributed by atoms with Gasteiger partial charge in [-0.25, -0.2) is 0 Å². The maximum Gasteiger partial charge on any atom is 0.0550 e. The van der Waals surface area contributed by atoms with Crippen LogP contribution in [0.2, 0.25) is 5.02 Å². The van der Waals surface area contributed by atoms with Gasteiger partial charge in [-0.15, -0.1) is 0 Å². The zero-order valence-corrected chi connectivity index (χ0v) is 12.5. The smallest absolute Gasteiger partial charge is 0.0550 e. The Morgan fingerprint density at radius 3 is 2.25 bits per heavy atom. The van der Waals surface area contributed by atoms with Gasteiger partial charge in [0, 0.05) is 10.4 Å². The fraction of sp³-hybridized carbons (Fsp3) is 0.647. The van der Waals surface area contributed by atoms with Crippen LogP contribution >= 0.6 is 11.6 Å². The molecule has 110 valence electrons. The minimum atomic E-state index is -0.514. The van der Waals surface area contributed by atoms with Crippen LogP contribution in [-0.4, -0.2) is 23.4 Å². The summed E-state index contributed by atoms with van der Waals surface area (Å²) in [5.74, 6) is 2.36. The number of halogens is 1. The van der Waals surface area contributed by atoms with E-state index in [9.17, 15) is 10.2 Å². The minimum absolute atomic E-state index is 0.000973. The van der Waals surface area contributed by atoms with Crippen LogP contribution in [0.4, 0.5) is 0 Å². The van der Waals surface area contributed by atoms with Gasteiger partial charge < -0.3 is 10.2 Å². The summed E-state index contributed by atoms with van der Waals surface area (Å²) >= 11 is 5.94. The first-order valence-corrected chi connectivity index (χ1v) is 8.02. The lowest BCUT2D eigenvalue weighted by Crippen LogP contribution is -2.38. The summed E-state index contributed by atoms with van der Waals surface area (Å²) < 4.78 is 0. The Morgan fingerprint density at radius 2 is 1.75 bits per heavy atom. The van der Waals surface area contributed by atoms with Crippen molar-refractivity contribution in [3.63, 3.8) is 0 Å². The highest BCUT2D eigenvalue weighted by molar-refractivity contribution is 6.30. The molecule has 2 saturated carbocycles. The van der Waals surface area contributed by atoms with Crippen LogP contribution in [0.3, 0.4) is 0 Å². The number of hydrogen-bond acceptors (Lipinski definition) is 2. The minimum Gasteiger partial charge on any atom is -0.395 e. The van der Waals surface area contributed by atoms with E-state index in [2.05, 4.69) is 0 Å². The molecule has 0 amide bonds. The van der Waals surface area contributed by atoms with Gasteiger partial charge in [-0.2, -0.15) is 0 Å². The fourth-order valence-corrected chi connectivity index (χ4v) is 4.54. The van der Waals surface area contributed by atoms with Gasteiger partial charge in [0.15, 0.2) is 0 Å². The van der Waals surface area contributed by atoms with Gasteiger partial charge in [0.1, 0.15) is 0 Å². The molecule has 1 aromatic carbocycles.